The van der Waals surface area contributed by atoms with Crippen LogP contribution in [-0.4, -0.2) is 52.5 Å². The molecule has 0 bridgehead atoms. The van der Waals surface area contributed by atoms with Crippen LogP contribution in [0.2, 0.25) is 0 Å². The highest BCUT2D eigenvalue weighted by atomic mass is 19.1. The van der Waals surface area contributed by atoms with Crippen molar-refractivity contribution in [2.45, 2.75) is 25.0 Å². The predicted octanol–water partition coefficient (Wildman–Crippen LogP) is 0.826. The summed E-state index contributed by atoms with van der Waals surface area (Å²) < 4.78 is 13.3. The third-order valence-electron chi connectivity index (χ3n) is 5.59. The number of nitrogens with two attached hydrogens (primary N) is 2. The molecule has 3 heterocycles. The SMILES string of the molecule is CN1C(c2ccc(C(=O)Nc3cc(F)ccn3)cc2)=C(C(N)=O)N(N)C1[C@@H]1CCCN1. The highest BCUT2D eigenvalue weighted by molar-refractivity contribution is 6.04. The minimum Gasteiger partial charge on any atom is -0.364 e. The molecule has 2 atom stereocenters. The van der Waals surface area contributed by atoms with Gasteiger partial charge < -0.3 is 21.3 Å². The van der Waals surface area contributed by atoms with E-state index in [1.807, 2.05) is 11.9 Å². The summed E-state index contributed by atoms with van der Waals surface area (Å²) in [5, 5.41) is 7.39. The fourth-order valence-corrected chi connectivity index (χ4v) is 4.20. The summed E-state index contributed by atoms with van der Waals surface area (Å²) in [4.78, 5) is 30.5. The first-order valence-corrected chi connectivity index (χ1v) is 9.94. The summed E-state index contributed by atoms with van der Waals surface area (Å²) in [6, 6.07) is 9.11. The molecule has 1 fully saturated rings. The summed E-state index contributed by atoms with van der Waals surface area (Å²) in [7, 11) is 1.87. The molecule has 2 amide bonds. The first-order chi connectivity index (χ1) is 14.9. The number of hydrogen-bond acceptors (Lipinski definition) is 7. The number of amides is 2. The fraction of sp³-hybridized carbons (Fsp3) is 0.286. The lowest BCUT2D eigenvalue weighted by Crippen LogP contribution is -2.54. The average molecular weight is 425 g/mol. The van der Waals surface area contributed by atoms with Gasteiger partial charge in [-0.25, -0.2) is 15.2 Å². The second kappa shape index (κ2) is 8.32. The van der Waals surface area contributed by atoms with Crippen LogP contribution >= 0.6 is 0 Å². The molecule has 1 aromatic carbocycles. The largest absolute Gasteiger partial charge is 0.364 e. The lowest BCUT2D eigenvalue weighted by Gasteiger charge is -2.33. The summed E-state index contributed by atoms with van der Waals surface area (Å²) >= 11 is 0. The Kier molecular flexibility index (Phi) is 5.57. The normalized spacial score (nSPS) is 21.0. The number of benzene rings is 1. The van der Waals surface area contributed by atoms with Gasteiger partial charge in [-0.3, -0.25) is 14.6 Å². The molecule has 1 saturated heterocycles. The molecular weight excluding hydrogens is 401 g/mol. The molecule has 10 heteroatoms. The first-order valence-electron chi connectivity index (χ1n) is 9.94. The number of rotatable bonds is 5. The van der Waals surface area contributed by atoms with E-state index < -0.39 is 17.6 Å². The van der Waals surface area contributed by atoms with E-state index in [-0.39, 0.29) is 23.7 Å². The number of pyridine rings is 1. The van der Waals surface area contributed by atoms with Gasteiger partial charge in [-0.15, -0.1) is 0 Å². The van der Waals surface area contributed by atoms with E-state index in [0.29, 0.717) is 16.8 Å². The number of primary amides is 1. The van der Waals surface area contributed by atoms with E-state index in [2.05, 4.69) is 15.6 Å². The molecule has 2 aliphatic heterocycles. The molecule has 0 spiro atoms. The number of nitrogens with one attached hydrogen (secondary N) is 2. The predicted molar refractivity (Wildman–Crippen MR) is 113 cm³/mol. The van der Waals surface area contributed by atoms with Crippen LogP contribution in [0.15, 0.2) is 48.3 Å². The lowest BCUT2D eigenvalue weighted by molar-refractivity contribution is -0.116. The van der Waals surface area contributed by atoms with Crippen LogP contribution in [0.25, 0.3) is 5.70 Å². The van der Waals surface area contributed by atoms with Crippen molar-refractivity contribution < 1.29 is 14.0 Å². The van der Waals surface area contributed by atoms with Crippen molar-refractivity contribution >= 4 is 23.3 Å². The Morgan fingerprint density at radius 2 is 2.00 bits per heavy atom. The third kappa shape index (κ3) is 3.94. The molecule has 6 N–H and O–H groups in total. The van der Waals surface area contributed by atoms with Crippen LogP contribution in [-0.2, 0) is 4.79 Å². The molecule has 162 valence electrons. The topological polar surface area (TPSA) is 130 Å². The van der Waals surface area contributed by atoms with Gasteiger partial charge in [-0.1, -0.05) is 12.1 Å². The van der Waals surface area contributed by atoms with Gasteiger partial charge in [-0.05, 0) is 37.6 Å². The molecular formula is C21H24FN7O2. The van der Waals surface area contributed by atoms with Crippen LogP contribution in [0.4, 0.5) is 10.2 Å². The number of carbonyl (C=O) groups excluding carboxylic acids is 2. The number of hydrazine groups is 1. The minimum atomic E-state index is -0.621. The molecule has 1 aromatic heterocycles. The summed E-state index contributed by atoms with van der Waals surface area (Å²) in [5.41, 5.74) is 7.53. The van der Waals surface area contributed by atoms with E-state index in [1.165, 1.54) is 17.3 Å². The fourth-order valence-electron chi connectivity index (χ4n) is 4.20. The third-order valence-corrected chi connectivity index (χ3v) is 5.59. The van der Waals surface area contributed by atoms with Crippen molar-refractivity contribution in [3.05, 3.63) is 65.2 Å². The smallest absolute Gasteiger partial charge is 0.268 e. The second-order valence-electron chi connectivity index (χ2n) is 7.59. The second-order valence-corrected chi connectivity index (χ2v) is 7.59. The quantitative estimate of drug-likeness (QED) is 0.522. The monoisotopic (exact) mass is 425 g/mol. The van der Waals surface area contributed by atoms with E-state index in [1.54, 1.807) is 24.3 Å². The van der Waals surface area contributed by atoms with Gasteiger partial charge in [0.05, 0.1) is 5.70 Å². The van der Waals surface area contributed by atoms with Crippen molar-refractivity contribution in [2.24, 2.45) is 11.6 Å². The van der Waals surface area contributed by atoms with E-state index in [0.717, 1.165) is 25.5 Å². The zero-order valence-electron chi connectivity index (χ0n) is 17.0. The number of nitrogens with zero attached hydrogens (tertiary/aromatic N) is 3. The maximum absolute atomic E-state index is 13.3. The van der Waals surface area contributed by atoms with Crippen LogP contribution in [0.1, 0.15) is 28.8 Å². The van der Waals surface area contributed by atoms with E-state index in [9.17, 15) is 14.0 Å². The number of halogens is 1. The number of aromatic nitrogens is 1. The summed E-state index contributed by atoms with van der Waals surface area (Å²) in [6.07, 6.45) is 3.00. The number of anilines is 1. The molecule has 0 aliphatic carbocycles. The zero-order chi connectivity index (χ0) is 22.1. The Labute approximate surface area is 178 Å². The van der Waals surface area contributed by atoms with Gasteiger partial charge in [0.15, 0.2) is 0 Å². The zero-order valence-corrected chi connectivity index (χ0v) is 17.0. The van der Waals surface area contributed by atoms with Crippen molar-refractivity contribution in [3.8, 4) is 0 Å². The molecule has 1 unspecified atom stereocenters. The standard InChI is InChI=1S/C21H24FN7O2/c1-28-17(18(19(23)30)29(24)21(28)15-3-2-9-25-15)12-4-6-13(7-5-12)20(31)27-16-11-14(22)8-10-26-16/h4-8,10-11,15,21,25H,2-3,9,24H2,1H3,(H2,23,30)(H,26,27,31)/t15-,21?/m0/s1. The Hall–Kier alpha value is -3.50. The lowest BCUT2D eigenvalue weighted by atomic mass is 10.1. The van der Waals surface area contributed by atoms with Gasteiger partial charge in [-0.2, -0.15) is 0 Å². The maximum atomic E-state index is 13.3. The van der Waals surface area contributed by atoms with Gasteiger partial charge in [0, 0.05) is 36.5 Å². The van der Waals surface area contributed by atoms with Gasteiger partial charge in [0.25, 0.3) is 11.8 Å². The number of carbonyl (C=O) groups is 2. The van der Waals surface area contributed by atoms with Gasteiger partial charge in [0.2, 0.25) is 0 Å². The number of likely N-dealkylation sites (N-methyl/N-ethyl adjacent to an activating group) is 1. The van der Waals surface area contributed by atoms with Crippen LogP contribution in [0.5, 0.6) is 0 Å². The molecule has 2 aliphatic rings. The van der Waals surface area contributed by atoms with Gasteiger partial charge >= 0.3 is 0 Å². The van der Waals surface area contributed by atoms with Crippen molar-refractivity contribution in [1.82, 2.24) is 20.2 Å². The van der Waals surface area contributed by atoms with Crippen LogP contribution < -0.4 is 22.2 Å². The Morgan fingerprint density at radius 1 is 1.26 bits per heavy atom. The molecule has 31 heavy (non-hydrogen) atoms. The minimum absolute atomic E-state index is 0.102. The number of hydrogen-bond donors (Lipinski definition) is 4. The Morgan fingerprint density at radius 3 is 2.61 bits per heavy atom. The molecule has 9 nitrogen and oxygen atoms in total. The first kappa shape index (κ1) is 20.8. The highest BCUT2D eigenvalue weighted by Crippen LogP contribution is 2.35. The van der Waals surface area contributed by atoms with Crippen molar-refractivity contribution in [3.63, 3.8) is 0 Å². The Bertz CT molecular complexity index is 1030. The Balaban J connectivity index is 1.59. The van der Waals surface area contributed by atoms with Crippen molar-refractivity contribution in [1.29, 1.82) is 0 Å². The molecule has 0 radical (unpaired) electrons. The summed E-state index contributed by atoms with van der Waals surface area (Å²) in [6.45, 7) is 0.897. The van der Waals surface area contributed by atoms with E-state index >= 15 is 0 Å². The van der Waals surface area contributed by atoms with Crippen LogP contribution in [0.3, 0.4) is 0 Å². The molecule has 4 rings (SSSR count). The molecule has 2 aromatic rings. The van der Waals surface area contributed by atoms with Crippen molar-refractivity contribution in [2.75, 3.05) is 18.9 Å². The maximum Gasteiger partial charge on any atom is 0.268 e. The average Bonchev–Trinajstić information content (AvgIpc) is 3.34. The summed E-state index contributed by atoms with van der Waals surface area (Å²) in [5.74, 6) is 4.87. The van der Waals surface area contributed by atoms with Gasteiger partial charge in [0.1, 0.15) is 23.5 Å². The molecule has 0 saturated carbocycles. The highest BCUT2D eigenvalue weighted by Gasteiger charge is 2.42. The van der Waals surface area contributed by atoms with E-state index in [4.69, 9.17) is 11.6 Å². The van der Waals surface area contributed by atoms with Crippen LogP contribution in [0, 0.1) is 5.82 Å².